The van der Waals surface area contributed by atoms with Crippen molar-refractivity contribution in [3.05, 3.63) is 0 Å². The SMILES string of the molecule is OCC(F)(OC(F)(F)C(F)(OC(F)(F)C(F)(OC(F)(F)C(F)(OC(F)(F)C(O)C(F)(F)F)C(F)(F)F)C(F)(F)F)C(F)(F)F)C(F)(F)F. The number of hydrogen-bond donors (Lipinski definition) is 2. The van der Waals surface area contributed by atoms with E-state index in [1.54, 1.807) is 0 Å². The average Bonchev–Trinajstić information content (AvgIpc) is 2.78. The van der Waals surface area contributed by atoms with Crippen LogP contribution >= 0.6 is 0 Å². The zero-order chi connectivity index (χ0) is 39.6. The van der Waals surface area contributed by atoms with Crippen molar-refractivity contribution in [2.75, 3.05) is 6.61 Å². The second-order valence-electron chi connectivity index (χ2n) is 8.13. The summed E-state index contributed by atoms with van der Waals surface area (Å²) in [5.74, 6) is -33.2. The highest BCUT2D eigenvalue weighted by atomic mass is 19.4. The summed E-state index contributed by atoms with van der Waals surface area (Å²) in [4.78, 5) is 0. The van der Waals surface area contributed by atoms with Crippen LogP contribution in [0.2, 0.25) is 0 Å². The van der Waals surface area contributed by atoms with Gasteiger partial charge < -0.3 is 10.2 Å². The van der Waals surface area contributed by atoms with Crippen LogP contribution in [0.1, 0.15) is 0 Å². The Kier molecular flexibility index (Phi) is 11.7. The lowest BCUT2D eigenvalue weighted by atomic mass is 10.2. The van der Waals surface area contributed by atoms with E-state index in [0.717, 1.165) is 9.47 Å². The molecule has 0 saturated carbocycles. The second kappa shape index (κ2) is 12.3. The minimum absolute atomic E-state index is 0.975. The molecule has 0 aromatic rings. The van der Waals surface area contributed by atoms with E-state index < -0.39 is 91.4 Å². The number of ether oxygens (including phenoxy) is 4. The molecule has 5 unspecified atom stereocenters. The molecule has 6 nitrogen and oxygen atoms in total. The van der Waals surface area contributed by atoms with Gasteiger partial charge in [0.05, 0.1) is 0 Å². The van der Waals surface area contributed by atoms with Crippen LogP contribution in [0.3, 0.4) is 0 Å². The zero-order valence-electron chi connectivity index (χ0n) is 20.5. The van der Waals surface area contributed by atoms with Crippen LogP contribution in [-0.4, -0.2) is 102 Å². The summed E-state index contributed by atoms with van der Waals surface area (Å²) in [7, 11) is 0. The summed E-state index contributed by atoms with van der Waals surface area (Å²) in [5, 5.41) is 16.3. The standard InChI is InChI=1S/C15H5F27O6/c16-3(1-43,9(25,26)27)45-13(37,38)7(23,11(31,32)33)47-15(41,42)8(24,12(34,35)36)48-14(39,40)6(22,10(28,29)30)46-5(20,21)2(44)4(17,18)19/h2,43-44H,1H2. The summed E-state index contributed by atoms with van der Waals surface area (Å²) in [6.45, 7) is -3.74. The van der Waals surface area contributed by atoms with Gasteiger partial charge in [0.15, 0.2) is 0 Å². The number of aliphatic hydroxyl groups is 2. The van der Waals surface area contributed by atoms with Gasteiger partial charge in [-0.2, -0.15) is 119 Å². The van der Waals surface area contributed by atoms with E-state index in [1.807, 2.05) is 0 Å². The molecule has 0 amide bonds. The van der Waals surface area contributed by atoms with Gasteiger partial charge in [-0.25, -0.2) is 0 Å². The Morgan fingerprint density at radius 1 is 0.375 bits per heavy atom. The lowest BCUT2D eigenvalue weighted by Gasteiger charge is -2.43. The second-order valence-corrected chi connectivity index (χ2v) is 8.13. The molecule has 0 aliphatic heterocycles. The van der Waals surface area contributed by atoms with E-state index in [1.165, 1.54) is 9.47 Å². The molecule has 2 N–H and O–H groups in total. The van der Waals surface area contributed by atoms with E-state index in [4.69, 9.17) is 10.2 Å². The van der Waals surface area contributed by atoms with Crippen LogP contribution < -0.4 is 0 Å². The molecule has 0 aromatic heterocycles. The number of hydrogen-bond acceptors (Lipinski definition) is 6. The topological polar surface area (TPSA) is 77.4 Å². The highest BCUT2D eigenvalue weighted by Gasteiger charge is 2.89. The van der Waals surface area contributed by atoms with Gasteiger partial charge in [0.25, 0.3) is 0 Å². The summed E-state index contributed by atoms with van der Waals surface area (Å²) in [6.07, 6.45) is -79.9. The highest BCUT2D eigenvalue weighted by molar-refractivity contribution is 4.98. The maximum Gasteiger partial charge on any atom is 0.458 e. The maximum absolute atomic E-state index is 14.3. The first-order chi connectivity index (χ1) is 20.3. The maximum atomic E-state index is 14.3. The molecule has 5 atom stereocenters. The predicted octanol–water partition coefficient (Wildman–Crippen LogP) is 7.25. The molecule has 0 aliphatic carbocycles. The zero-order valence-corrected chi connectivity index (χ0v) is 20.5. The van der Waals surface area contributed by atoms with Gasteiger partial charge in [-0.15, -0.1) is 0 Å². The van der Waals surface area contributed by atoms with Crippen molar-refractivity contribution in [2.24, 2.45) is 0 Å². The van der Waals surface area contributed by atoms with Crippen LogP contribution in [0.4, 0.5) is 119 Å². The monoisotopic (exact) mass is 794 g/mol. The van der Waals surface area contributed by atoms with Gasteiger partial charge in [-0.1, -0.05) is 0 Å². The Labute approximate surface area is 240 Å². The lowest BCUT2D eigenvalue weighted by molar-refractivity contribution is -0.590. The van der Waals surface area contributed by atoms with Gasteiger partial charge in [0, 0.05) is 0 Å². The Morgan fingerprint density at radius 2 is 0.625 bits per heavy atom. The lowest BCUT2D eigenvalue weighted by Crippen LogP contribution is -2.71. The van der Waals surface area contributed by atoms with Crippen LogP contribution in [0.25, 0.3) is 0 Å². The molecule has 0 saturated heterocycles. The third-order valence-electron chi connectivity index (χ3n) is 4.58. The summed E-state index contributed by atoms with van der Waals surface area (Å²) in [6, 6.07) is 0. The Bertz CT molecular complexity index is 1110. The van der Waals surface area contributed by atoms with Crippen molar-refractivity contribution in [2.45, 2.75) is 84.8 Å². The fraction of sp³-hybridized carbons (Fsp3) is 1.00. The molecule has 0 aliphatic rings. The summed E-state index contributed by atoms with van der Waals surface area (Å²) < 4.78 is 362. The Hall–Kier alpha value is -2.13. The van der Waals surface area contributed by atoms with Gasteiger partial charge >= 0.3 is 78.7 Å². The average molecular weight is 794 g/mol. The fourth-order valence-corrected chi connectivity index (χ4v) is 2.21. The van der Waals surface area contributed by atoms with Crippen molar-refractivity contribution < 1.29 is 148 Å². The number of aliphatic hydroxyl groups excluding tert-OH is 2. The molecular weight excluding hydrogens is 789 g/mol. The molecule has 0 radical (unpaired) electrons. The van der Waals surface area contributed by atoms with Gasteiger partial charge in [-0.3, -0.25) is 18.9 Å². The van der Waals surface area contributed by atoms with Crippen molar-refractivity contribution in [1.82, 2.24) is 0 Å². The number of alkyl halides is 27. The predicted molar refractivity (Wildman–Crippen MR) is 82.9 cm³/mol. The van der Waals surface area contributed by atoms with Crippen molar-refractivity contribution in [3.63, 3.8) is 0 Å². The van der Waals surface area contributed by atoms with Gasteiger partial charge in [-0.05, 0) is 0 Å². The molecule has 48 heavy (non-hydrogen) atoms. The number of halogens is 27. The van der Waals surface area contributed by atoms with Gasteiger partial charge in [0.1, 0.15) is 6.61 Å². The van der Waals surface area contributed by atoms with Gasteiger partial charge in [0.2, 0.25) is 6.10 Å². The molecular formula is C15H5F27O6. The van der Waals surface area contributed by atoms with Crippen molar-refractivity contribution in [1.29, 1.82) is 0 Å². The van der Waals surface area contributed by atoms with Crippen molar-refractivity contribution >= 4 is 0 Å². The fourth-order valence-electron chi connectivity index (χ4n) is 2.21. The first kappa shape index (κ1) is 45.9. The molecule has 0 heterocycles. The molecule has 0 spiro atoms. The number of rotatable bonds is 13. The molecule has 0 bridgehead atoms. The summed E-state index contributed by atoms with van der Waals surface area (Å²) >= 11 is 0. The van der Waals surface area contributed by atoms with Crippen LogP contribution in [0.15, 0.2) is 0 Å². The van der Waals surface area contributed by atoms with E-state index in [-0.39, 0.29) is 0 Å². The smallest absolute Gasteiger partial charge is 0.390 e. The van der Waals surface area contributed by atoms with E-state index in [2.05, 4.69) is 0 Å². The molecule has 0 aromatic carbocycles. The third kappa shape index (κ3) is 8.08. The van der Waals surface area contributed by atoms with Crippen LogP contribution in [-0.2, 0) is 18.9 Å². The molecule has 33 heteroatoms. The quantitative estimate of drug-likeness (QED) is 0.192. The first-order valence-electron chi connectivity index (χ1n) is 9.99. The molecule has 0 fully saturated rings. The van der Waals surface area contributed by atoms with Crippen LogP contribution in [0.5, 0.6) is 0 Å². The minimum atomic E-state index is -9.06. The summed E-state index contributed by atoms with van der Waals surface area (Å²) in [5.41, 5.74) is 0. The van der Waals surface area contributed by atoms with Crippen LogP contribution in [0, 0.1) is 0 Å². The minimum Gasteiger partial charge on any atom is -0.390 e. The van der Waals surface area contributed by atoms with E-state index in [9.17, 15) is 119 Å². The first-order valence-corrected chi connectivity index (χ1v) is 9.99. The normalized spacial score (nSPS) is 21.2. The van der Waals surface area contributed by atoms with Crippen molar-refractivity contribution in [3.8, 4) is 0 Å². The van der Waals surface area contributed by atoms with E-state index in [0.29, 0.717) is 0 Å². The highest BCUT2D eigenvalue weighted by Crippen LogP contribution is 2.60. The van der Waals surface area contributed by atoms with E-state index >= 15 is 0 Å². The Balaban J connectivity index is 7.52. The molecule has 290 valence electrons. The largest absolute Gasteiger partial charge is 0.458 e. The molecule has 0 rings (SSSR count). The Morgan fingerprint density at radius 3 is 0.833 bits per heavy atom. The third-order valence-corrected chi connectivity index (χ3v) is 4.58.